The molecule has 0 radical (unpaired) electrons. The normalized spacial score (nSPS) is 31.2. The Kier molecular flexibility index (Phi) is 4.29. The lowest BCUT2D eigenvalue weighted by atomic mass is 9.86. The maximum Gasteiger partial charge on any atom is 0.312 e. The van der Waals surface area contributed by atoms with Gasteiger partial charge < -0.3 is 21.3 Å². The van der Waals surface area contributed by atoms with E-state index in [1.807, 2.05) is 11.8 Å². The van der Waals surface area contributed by atoms with Crippen LogP contribution in [0.2, 0.25) is 0 Å². The molecule has 2 aliphatic rings. The fourth-order valence-electron chi connectivity index (χ4n) is 3.04. The molecule has 19 heavy (non-hydrogen) atoms. The van der Waals surface area contributed by atoms with E-state index in [1.54, 1.807) is 0 Å². The van der Waals surface area contributed by atoms with Gasteiger partial charge in [-0.1, -0.05) is 0 Å². The molecule has 6 nitrogen and oxygen atoms in total. The van der Waals surface area contributed by atoms with Crippen molar-refractivity contribution in [2.75, 3.05) is 32.7 Å². The average molecular weight is 268 g/mol. The first-order valence-electron chi connectivity index (χ1n) is 7.05. The van der Waals surface area contributed by atoms with Crippen LogP contribution in [-0.4, -0.2) is 49.6 Å². The van der Waals surface area contributed by atoms with Crippen LogP contribution in [0, 0.1) is 11.3 Å². The van der Waals surface area contributed by atoms with Gasteiger partial charge in [-0.25, -0.2) is 4.79 Å². The molecule has 108 valence electrons. The zero-order valence-electron chi connectivity index (χ0n) is 11.6. The zero-order valence-corrected chi connectivity index (χ0v) is 11.6. The van der Waals surface area contributed by atoms with Gasteiger partial charge in [-0.3, -0.25) is 4.79 Å². The van der Waals surface area contributed by atoms with Crippen molar-refractivity contribution in [3.8, 4) is 0 Å². The molecule has 2 rings (SSSR count). The zero-order chi connectivity index (χ0) is 13.9. The Morgan fingerprint density at radius 1 is 1.53 bits per heavy atom. The van der Waals surface area contributed by atoms with Gasteiger partial charge in [-0.2, -0.15) is 0 Å². The lowest BCUT2D eigenvalue weighted by Crippen LogP contribution is -2.49. The van der Waals surface area contributed by atoms with Crippen molar-refractivity contribution in [3.05, 3.63) is 0 Å². The number of nitrogens with one attached hydrogen (secondary N) is 2. The Hall–Kier alpha value is -1.30. The third-order valence-corrected chi connectivity index (χ3v) is 4.26. The summed E-state index contributed by atoms with van der Waals surface area (Å²) in [7, 11) is 0. The molecule has 0 aromatic rings. The maximum atomic E-state index is 12.6. The van der Waals surface area contributed by atoms with Crippen molar-refractivity contribution in [2.24, 2.45) is 17.1 Å². The SMILES string of the molecule is CC1(C(=O)N2CCCC(CNC(N)=O)C2)CCNC1. The molecular weight excluding hydrogens is 244 g/mol. The summed E-state index contributed by atoms with van der Waals surface area (Å²) in [5, 5.41) is 5.91. The largest absolute Gasteiger partial charge is 0.352 e. The van der Waals surface area contributed by atoms with Gasteiger partial charge in [0.15, 0.2) is 0 Å². The molecule has 0 spiro atoms. The lowest BCUT2D eigenvalue weighted by molar-refractivity contribution is -0.142. The van der Waals surface area contributed by atoms with Crippen LogP contribution in [0.5, 0.6) is 0 Å². The number of carbonyl (C=O) groups is 2. The van der Waals surface area contributed by atoms with Crippen LogP contribution in [0.3, 0.4) is 0 Å². The van der Waals surface area contributed by atoms with Gasteiger partial charge in [0.25, 0.3) is 0 Å². The number of nitrogens with zero attached hydrogens (tertiary/aromatic N) is 1. The van der Waals surface area contributed by atoms with E-state index in [4.69, 9.17) is 5.73 Å². The number of piperidine rings is 1. The molecule has 2 heterocycles. The van der Waals surface area contributed by atoms with Crippen molar-refractivity contribution in [2.45, 2.75) is 26.2 Å². The minimum Gasteiger partial charge on any atom is -0.352 e. The van der Waals surface area contributed by atoms with Crippen molar-refractivity contribution in [1.29, 1.82) is 0 Å². The summed E-state index contributed by atoms with van der Waals surface area (Å²) in [5.74, 6) is 0.574. The molecular formula is C13H24N4O2. The molecule has 6 heteroatoms. The molecule has 2 saturated heterocycles. The highest BCUT2D eigenvalue weighted by Crippen LogP contribution is 2.29. The Bertz CT molecular complexity index is 353. The molecule has 3 amide bonds. The maximum absolute atomic E-state index is 12.6. The minimum absolute atomic E-state index is 0.251. The molecule has 0 aromatic carbocycles. The van der Waals surface area contributed by atoms with Crippen molar-refractivity contribution in [3.63, 3.8) is 0 Å². The summed E-state index contributed by atoms with van der Waals surface area (Å²) >= 11 is 0. The van der Waals surface area contributed by atoms with Crippen molar-refractivity contribution in [1.82, 2.24) is 15.5 Å². The Morgan fingerprint density at radius 3 is 2.95 bits per heavy atom. The second kappa shape index (κ2) is 5.77. The van der Waals surface area contributed by atoms with Crippen molar-refractivity contribution < 1.29 is 9.59 Å². The number of nitrogens with two attached hydrogens (primary N) is 1. The quantitative estimate of drug-likeness (QED) is 0.667. The molecule has 0 bridgehead atoms. The lowest BCUT2D eigenvalue weighted by Gasteiger charge is -2.37. The van der Waals surface area contributed by atoms with Gasteiger partial charge in [0.2, 0.25) is 5.91 Å². The van der Waals surface area contributed by atoms with Gasteiger partial charge >= 0.3 is 6.03 Å². The fourth-order valence-corrected chi connectivity index (χ4v) is 3.04. The Morgan fingerprint density at radius 2 is 2.32 bits per heavy atom. The summed E-state index contributed by atoms with van der Waals surface area (Å²) in [5.41, 5.74) is 4.83. The first-order valence-corrected chi connectivity index (χ1v) is 7.05. The third kappa shape index (κ3) is 3.37. The third-order valence-electron chi connectivity index (χ3n) is 4.26. The van der Waals surface area contributed by atoms with Crippen LogP contribution < -0.4 is 16.4 Å². The number of likely N-dealkylation sites (tertiary alicyclic amines) is 1. The van der Waals surface area contributed by atoms with Crippen LogP contribution >= 0.6 is 0 Å². The number of hydrogen-bond donors (Lipinski definition) is 3. The monoisotopic (exact) mass is 268 g/mol. The minimum atomic E-state index is -0.490. The van der Waals surface area contributed by atoms with Crippen LogP contribution in [0.4, 0.5) is 4.79 Å². The predicted molar refractivity (Wildman–Crippen MR) is 72.5 cm³/mol. The Balaban J connectivity index is 1.89. The van der Waals surface area contributed by atoms with Gasteiger partial charge in [-0.15, -0.1) is 0 Å². The van der Waals surface area contributed by atoms with Gasteiger partial charge in [0.1, 0.15) is 0 Å². The van der Waals surface area contributed by atoms with Gasteiger partial charge in [-0.05, 0) is 38.6 Å². The number of carbonyl (C=O) groups excluding carboxylic acids is 2. The predicted octanol–water partition coefficient (Wildman–Crippen LogP) is -0.107. The van der Waals surface area contributed by atoms with Crippen LogP contribution in [-0.2, 0) is 4.79 Å². The number of amides is 3. The second-order valence-electron chi connectivity index (χ2n) is 5.99. The molecule has 2 atom stereocenters. The molecule has 0 aromatic heterocycles. The number of primary amides is 1. The highest BCUT2D eigenvalue weighted by Gasteiger charge is 2.40. The van der Waals surface area contributed by atoms with Crippen LogP contribution in [0.25, 0.3) is 0 Å². The number of urea groups is 1. The van der Waals surface area contributed by atoms with Gasteiger partial charge in [0.05, 0.1) is 5.41 Å². The molecule has 0 aliphatic carbocycles. The average Bonchev–Trinajstić information content (AvgIpc) is 2.84. The first-order chi connectivity index (χ1) is 9.01. The van der Waals surface area contributed by atoms with Crippen LogP contribution in [0.1, 0.15) is 26.2 Å². The van der Waals surface area contributed by atoms with E-state index in [-0.39, 0.29) is 11.3 Å². The highest BCUT2D eigenvalue weighted by molar-refractivity contribution is 5.83. The number of hydrogen-bond acceptors (Lipinski definition) is 3. The highest BCUT2D eigenvalue weighted by atomic mass is 16.2. The van der Waals surface area contributed by atoms with E-state index >= 15 is 0 Å². The molecule has 2 fully saturated rings. The molecule has 2 aliphatic heterocycles. The van der Waals surface area contributed by atoms with E-state index in [2.05, 4.69) is 10.6 Å². The molecule has 4 N–H and O–H groups in total. The van der Waals surface area contributed by atoms with E-state index < -0.39 is 6.03 Å². The summed E-state index contributed by atoms with van der Waals surface area (Å²) < 4.78 is 0. The molecule has 0 saturated carbocycles. The summed E-state index contributed by atoms with van der Waals surface area (Å²) in [6, 6.07) is -0.490. The summed E-state index contributed by atoms with van der Waals surface area (Å²) in [6.07, 6.45) is 2.95. The molecule has 2 unspecified atom stereocenters. The topological polar surface area (TPSA) is 87.5 Å². The van der Waals surface area contributed by atoms with Gasteiger partial charge in [0, 0.05) is 26.2 Å². The summed E-state index contributed by atoms with van der Waals surface area (Å²) in [6.45, 7) is 5.86. The summed E-state index contributed by atoms with van der Waals surface area (Å²) in [4.78, 5) is 25.3. The second-order valence-corrected chi connectivity index (χ2v) is 5.99. The van der Waals surface area contributed by atoms with E-state index in [0.29, 0.717) is 12.5 Å². The first kappa shape index (κ1) is 14.1. The van der Waals surface area contributed by atoms with Crippen LogP contribution in [0.15, 0.2) is 0 Å². The number of rotatable bonds is 3. The van der Waals surface area contributed by atoms with Crippen molar-refractivity contribution >= 4 is 11.9 Å². The van der Waals surface area contributed by atoms with E-state index in [9.17, 15) is 9.59 Å². The van der Waals surface area contributed by atoms with E-state index in [0.717, 1.165) is 45.4 Å². The van der Waals surface area contributed by atoms with E-state index in [1.165, 1.54) is 0 Å². The smallest absolute Gasteiger partial charge is 0.312 e. The fraction of sp³-hybridized carbons (Fsp3) is 0.846. The Labute approximate surface area is 114 Å². The standard InChI is InChI=1S/C13H24N4O2/c1-13(4-5-15-9-13)11(18)17-6-2-3-10(8-17)7-16-12(14)19/h10,15H,2-9H2,1H3,(H3,14,16,19).